The minimum atomic E-state index is -2.98. The molecule has 0 aromatic heterocycles. The molecule has 2 aromatic rings. The van der Waals surface area contributed by atoms with Gasteiger partial charge in [-0.1, -0.05) is 23.7 Å². The molecule has 2 rings (SSSR count). The number of carbonyl (C=O) groups excluding carboxylic acids is 2. The molecule has 2 N–H and O–H groups in total. The Labute approximate surface area is 153 Å². The Hall–Kier alpha value is -2.93. The fraction of sp³-hybridized carbons (Fsp3) is 0.111. The third-order valence-electron chi connectivity index (χ3n) is 3.24. The van der Waals surface area contributed by atoms with E-state index in [1.165, 1.54) is 24.3 Å². The van der Waals surface area contributed by atoms with Crippen LogP contribution in [0.15, 0.2) is 48.5 Å². The SMILES string of the molecule is CNC(=O)c1ccc(/C=C/C(=O)Nc2ccc(OC(F)F)c(Cl)c2)cc1. The van der Waals surface area contributed by atoms with Crippen molar-refractivity contribution in [3.63, 3.8) is 0 Å². The molecule has 5 nitrogen and oxygen atoms in total. The standard InChI is InChI=1S/C18H15ClF2N2O3/c1-22-17(25)12-5-2-11(3-6-12)4-9-16(24)23-13-7-8-15(14(19)10-13)26-18(20)21/h2-10,18H,1H3,(H,22,25)(H,23,24)/b9-4+. The van der Waals surface area contributed by atoms with Gasteiger partial charge in [0.25, 0.3) is 5.91 Å². The average Bonchev–Trinajstić information content (AvgIpc) is 2.62. The summed E-state index contributed by atoms with van der Waals surface area (Å²) in [5, 5.41) is 5.03. The van der Waals surface area contributed by atoms with Crippen molar-refractivity contribution in [2.45, 2.75) is 6.61 Å². The summed E-state index contributed by atoms with van der Waals surface area (Å²) in [6.07, 6.45) is 2.87. The van der Waals surface area contributed by atoms with E-state index in [2.05, 4.69) is 15.4 Å². The third-order valence-corrected chi connectivity index (χ3v) is 3.54. The van der Waals surface area contributed by atoms with Gasteiger partial charge in [-0.2, -0.15) is 8.78 Å². The van der Waals surface area contributed by atoms with E-state index in [0.29, 0.717) is 11.3 Å². The van der Waals surface area contributed by atoms with Crippen molar-refractivity contribution in [1.29, 1.82) is 0 Å². The van der Waals surface area contributed by atoms with Crippen molar-refractivity contribution in [2.75, 3.05) is 12.4 Å². The average molecular weight is 381 g/mol. The summed E-state index contributed by atoms with van der Waals surface area (Å²) in [5.41, 5.74) is 1.57. The van der Waals surface area contributed by atoms with Crippen molar-refractivity contribution in [3.05, 3.63) is 64.7 Å². The van der Waals surface area contributed by atoms with Crippen LogP contribution in [0.25, 0.3) is 6.08 Å². The fourth-order valence-electron chi connectivity index (χ4n) is 2.02. The smallest absolute Gasteiger partial charge is 0.387 e. The molecule has 26 heavy (non-hydrogen) atoms. The quantitative estimate of drug-likeness (QED) is 0.745. The number of carbonyl (C=O) groups is 2. The molecule has 0 aliphatic carbocycles. The number of rotatable bonds is 6. The van der Waals surface area contributed by atoms with Gasteiger partial charge in [-0.05, 0) is 42.0 Å². The van der Waals surface area contributed by atoms with Crippen LogP contribution >= 0.6 is 11.6 Å². The number of halogens is 3. The number of alkyl halides is 2. The Morgan fingerprint density at radius 3 is 2.42 bits per heavy atom. The van der Waals surface area contributed by atoms with Crippen LogP contribution in [0.2, 0.25) is 5.02 Å². The number of ether oxygens (including phenoxy) is 1. The van der Waals surface area contributed by atoms with E-state index in [-0.39, 0.29) is 16.7 Å². The normalized spacial score (nSPS) is 10.8. The van der Waals surface area contributed by atoms with Crippen LogP contribution in [0.3, 0.4) is 0 Å². The number of nitrogens with one attached hydrogen (secondary N) is 2. The minimum absolute atomic E-state index is 0.0446. The van der Waals surface area contributed by atoms with E-state index in [1.54, 1.807) is 37.4 Å². The Morgan fingerprint density at radius 2 is 1.85 bits per heavy atom. The Balaban J connectivity index is 1.98. The molecule has 0 heterocycles. The molecule has 0 unspecified atom stereocenters. The first kappa shape index (κ1) is 19.4. The maximum Gasteiger partial charge on any atom is 0.387 e. The number of hydrogen-bond donors (Lipinski definition) is 2. The molecule has 2 amide bonds. The van der Waals surface area contributed by atoms with Crippen molar-refractivity contribution in [3.8, 4) is 5.75 Å². The molecule has 136 valence electrons. The largest absolute Gasteiger partial charge is 0.433 e. The van der Waals surface area contributed by atoms with Crippen LogP contribution in [0.5, 0.6) is 5.75 Å². The molecule has 0 radical (unpaired) electrons. The van der Waals surface area contributed by atoms with E-state index in [0.717, 1.165) is 5.56 Å². The zero-order valence-electron chi connectivity index (χ0n) is 13.6. The molecule has 0 spiro atoms. The lowest BCUT2D eigenvalue weighted by molar-refractivity contribution is -0.111. The van der Waals surface area contributed by atoms with Gasteiger partial charge >= 0.3 is 6.61 Å². The van der Waals surface area contributed by atoms with Gasteiger partial charge in [-0.15, -0.1) is 0 Å². The van der Waals surface area contributed by atoms with Gasteiger partial charge < -0.3 is 15.4 Å². The van der Waals surface area contributed by atoms with Crippen LogP contribution in [0.1, 0.15) is 15.9 Å². The summed E-state index contributed by atoms with van der Waals surface area (Å²) in [5.74, 6) is -0.806. The molecular formula is C18H15ClF2N2O3. The molecule has 0 saturated carbocycles. The van der Waals surface area contributed by atoms with E-state index < -0.39 is 12.5 Å². The summed E-state index contributed by atoms with van der Waals surface area (Å²) in [6.45, 7) is -2.98. The third kappa shape index (κ3) is 5.56. The van der Waals surface area contributed by atoms with Gasteiger partial charge in [0.2, 0.25) is 5.91 Å². The molecule has 0 aliphatic rings. The van der Waals surface area contributed by atoms with E-state index in [1.807, 2.05) is 0 Å². The zero-order chi connectivity index (χ0) is 19.1. The van der Waals surface area contributed by atoms with Gasteiger partial charge in [0.1, 0.15) is 5.75 Å². The number of hydrogen-bond acceptors (Lipinski definition) is 3. The second-order valence-corrected chi connectivity index (χ2v) is 5.45. The van der Waals surface area contributed by atoms with Crippen molar-refractivity contribution in [2.24, 2.45) is 0 Å². The highest BCUT2D eigenvalue weighted by Gasteiger charge is 2.09. The summed E-state index contributed by atoms with van der Waals surface area (Å²) >= 11 is 5.82. The molecule has 0 aliphatic heterocycles. The molecule has 0 fully saturated rings. The predicted octanol–water partition coefficient (Wildman–Crippen LogP) is 3.95. The molecule has 0 saturated heterocycles. The van der Waals surface area contributed by atoms with Crippen molar-refractivity contribution in [1.82, 2.24) is 5.32 Å². The lowest BCUT2D eigenvalue weighted by Crippen LogP contribution is -2.17. The lowest BCUT2D eigenvalue weighted by Gasteiger charge is -2.08. The van der Waals surface area contributed by atoms with Crippen molar-refractivity contribution < 1.29 is 23.1 Å². The molecule has 0 bridgehead atoms. The van der Waals surface area contributed by atoms with E-state index in [4.69, 9.17) is 11.6 Å². The van der Waals surface area contributed by atoms with E-state index >= 15 is 0 Å². The highest BCUT2D eigenvalue weighted by atomic mass is 35.5. The van der Waals surface area contributed by atoms with Gasteiger partial charge in [0.05, 0.1) is 5.02 Å². The number of anilines is 1. The summed E-state index contributed by atoms with van der Waals surface area (Å²) < 4.78 is 28.6. The van der Waals surface area contributed by atoms with Crippen LogP contribution < -0.4 is 15.4 Å². The number of benzene rings is 2. The molecule has 0 atom stereocenters. The first-order valence-corrected chi connectivity index (χ1v) is 7.82. The Bertz CT molecular complexity index is 824. The second-order valence-electron chi connectivity index (χ2n) is 5.05. The minimum Gasteiger partial charge on any atom is -0.433 e. The summed E-state index contributed by atoms with van der Waals surface area (Å²) in [7, 11) is 1.54. The van der Waals surface area contributed by atoms with Gasteiger partial charge in [-0.3, -0.25) is 9.59 Å². The maximum atomic E-state index is 12.2. The van der Waals surface area contributed by atoms with Gasteiger partial charge in [0.15, 0.2) is 0 Å². The van der Waals surface area contributed by atoms with Crippen LogP contribution in [-0.4, -0.2) is 25.5 Å². The molecular weight excluding hydrogens is 366 g/mol. The molecule has 2 aromatic carbocycles. The van der Waals surface area contributed by atoms with Crippen LogP contribution in [-0.2, 0) is 4.79 Å². The molecule has 8 heteroatoms. The predicted molar refractivity (Wildman–Crippen MR) is 95.6 cm³/mol. The Morgan fingerprint density at radius 1 is 1.15 bits per heavy atom. The summed E-state index contributed by atoms with van der Waals surface area (Å²) in [6, 6.07) is 10.6. The van der Waals surface area contributed by atoms with Gasteiger partial charge in [0, 0.05) is 24.4 Å². The number of amides is 2. The topological polar surface area (TPSA) is 67.4 Å². The van der Waals surface area contributed by atoms with Gasteiger partial charge in [-0.25, -0.2) is 0 Å². The highest BCUT2D eigenvalue weighted by Crippen LogP contribution is 2.28. The highest BCUT2D eigenvalue weighted by molar-refractivity contribution is 6.32. The van der Waals surface area contributed by atoms with Crippen LogP contribution in [0.4, 0.5) is 14.5 Å². The monoisotopic (exact) mass is 380 g/mol. The zero-order valence-corrected chi connectivity index (χ0v) is 14.4. The lowest BCUT2D eigenvalue weighted by atomic mass is 10.1. The van der Waals surface area contributed by atoms with Crippen LogP contribution in [0, 0.1) is 0 Å². The van der Waals surface area contributed by atoms with Crippen molar-refractivity contribution >= 4 is 35.2 Å². The first-order valence-electron chi connectivity index (χ1n) is 7.44. The first-order chi connectivity index (χ1) is 12.4. The summed E-state index contributed by atoms with van der Waals surface area (Å²) in [4.78, 5) is 23.4. The second kappa shape index (κ2) is 8.96. The fourth-order valence-corrected chi connectivity index (χ4v) is 2.24. The van der Waals surface area contributed by atoms with E-state index in [9.17, 15) is 18.4 Å². The maximum absolute atomic E-state index is 12.2. The Kier molecular flexibility index (Phi) is 6.68.